The van der Waals surface area contributed by atoms with Gasteiger partial charge in [0.25, 0.3) is 5.91 Å². The highest BCUT2D eigenvalue weighted by Crippen LogP contribution is 2.17. The molecule has 5 N–H and O–H groups in total. The molecule has 2 atom stereocenters. The Morgan fingerprint density at radius 2 is 2.19 bits per heavy atom. The van der Waals surface area contributed by atoms with Crippen LogP contribution in [0.3, 0.4) is 0 Å². The average Bonchev–Trinajstić information content (AvgIpc) is 3.13. The van der Waals surface area contributed by atoms with E-state index in [0.29, 0.717) is 25.0 Å². The SMILES string of the molecule is NC(CONC(=O)[C@@H]1CCCCN1C(=O)NOS(=O)(=O)O)c1ccco1. The fourth-order valence-electron chi connectivity index (χ4n) is 2.45. The van der Waals surface area contributed by atoms with Gasteiger partial charge < -0.3 is 15.1 Å². The lowest BCUT2D eigenvalue weighted by Gasteiger charge is -2.33. The number of nitrogens with one attached hydrogen (secondary N) is 2. The molecule has 0 radical (unpaired) electrons. The molecule has 0 spiro atoms. The van der Waals surface area contributed by atoms with E-state index >= 15 is 0 Å². The molecular weight excluding hydrogens is 372 g/mol. The molecule has 0 aliphatic carbocycles. The molecule has 12 nitrogen and oxygen atoms in total. The molecule has 1 aliphatic heterocycles. The number of furan rings is 1. The van der Waals surface area contributed by atoms with E-state index in [-0.39, 0.29) is 13.2 Å². The van der Waals surface area contributed by atoms with Crippen LogP contribution in [-0.2, 0) is 24.3 Å². The van der Waals surface area contributed by atoms with Gasteiger partial charge >= 0.3 is 16.4 Å². The Morgan fingerprint density at radius 1 is 1.42 bits per heavy atom. The van der Waals surface area contributed by atoms with Crippen LogP contribution in [0.25, 0.3) is 0 Å². The van der Waals surface area contributed by atoms with Gasteiger partial charge in [-0.15, -0.1) is 4.28 Å². The predicted octanol–water partition coefficient (Wildman–Crippen LogP) is -0.374. The van der Waals surface area contributed by atoms with Gasteiger partial charge in [-0.05, 0) is 31.4 Å². The van der Waals surface area contributed by atoms with Crippen molar-refractivity contribution in [2.24, 2.45) is 5.73 Å². The first-order valence-corrected chi connectivity index (χ1v) is 9.07. The Bertz CT molecular complexity index is 708. The molecule has 2 heterocycles. The minimum Gasteiger partial charge on any atom is -0.468 e. The lowest BCUT2D eigenvalue weighted by Crippen LogP contribution is -2.55. The van der Waals surface area contributed by atoms with E-state index in [4.69, 9.17) is 19.5 Å². The maximum Gasteiger partial charge on any atom is 0.418 e. The van der Waals surface area contributed by atoms with E-state index in [9.17, 15) is 18.0 Å². The second-order valence-electron chi connectivity index (χ2n) is 5.52. The number of hydroxylamine groups is 2. The van der Waals surface area contributed by atoms with Crippen molar-refractivity contribution in [3.63, 3.8) is 0 Å². The lowest BCUT2D eigenvalue weighted by molar-refractivity contribution is -0.139. The summed E-state index contributed by atoms with van der Waals surface area (Å²) in [6.07, 6.45) is 3.11. The third kappa shape index (κ3) is 5.96. The van der Waals surface area contributed by atoms with E-state index in [1.165, 1.54) is 6.26 Å². The van der Waals surface area contributed by atoms with E-state index in [2.05, 4.69) is 9.76 Å². The van der Waals surface area contributed by atoms with Crippen molar-refractivity contribution in [2.45, 2.75) is 31.3 Å². The van der Waals surface area contributed by atoms with Gasteiger partial charge in [-0.25, -0.2) is 10.3 Å². The summed E-state index contributed by atoms with van der Waals surface area (Å²) in [5.41, 5.74) is 9.60. The minimum absolute atomic E-state index is 0.0516. The predicted molar refractivity (Wildman–Crippen MR) is 85.2 cm³/mol. The molecule has 146 valence electrons. The van der Waals surface area contributed by atoms with Gasteiger partial charge in [0.2, 0.25) is 0 Å². The number of nitrogens with zero attached hydrogens (tertiary/aromatic N) is 1. The zero-order valence-electron chi connectivity index (χ0n) is 13.7. The van der Waals surface area contributed by atoms with Gasteiger partial charge in [-0.3, -0.25) is 14.2 Å². The van der Waals surface area contributed by atoms with E-state index in [1.54, 1.807) is 17.6 Å². The molecule has 1 fully saturated rings. The Labute approximate surface area is 149 Å². The van der Waals surface area contributed by atoms with Gasteiger partial charge in [0.15, 0.2) is 0 Å². The van der Waals surface area contributed by atoms with Gasteiger partial charge in [-0.1, -0.05) is 0 Å². The van der Waals surface area contributed by atoms with Gasteiger partial charge in [0.1, 0.15) is 11.8 Å². The number of nitrogens with two attached hydrogens (primary N) is 1. The maximum absolute atomic E-state index is 12.3. The summed E-state index contributed by atoms with van der Waals surface area (Å²) in [5.74, 6) is -0.112. The van der Waals surface area contributed by atoms with E-state index in [1.807, 2.05) is 0 Å². The molecule has 13 heteroatoms. The van der Waals surface area contributed by atoms with Gasteiger partial charge in [0.05, 0.1) is 18.9 Å². The molecule has 0 bridgehead atoms. The van der Waals surface area contributed by atoms with Crippen LogP contribution >= 0.6 is 0 Å². The fraction of sp³-hybridized carbons (Fsp3) is 0.538. The minimum atomic E-state index is -4.85. The third-order valence-electron chi connectivity index (χ3n) is 3.64. The summed E-state index contributed by atoms with van der Waals surface area (Å²) in [6, 6.07) is 0.877. The monoisotopic (exact) mass is 392 g/mol. The average molecular weight is 392 g/mol. The molecule has 1 aromatic heterocycles. The summed E-state index contributed by atoms with van der Waals surface area (Å²) in [6.45, 7) is 0.148. The van der Waals surface area contributed by atoms with Crippen molar-refractivity contribution in [1.29, 1.82) is 0 Å². The number of hydrogen-bond donors (Lipinski definition) is 4. The van der Waals surface area contributed by atoms with Crippen molar-refractivity contribution in [1.82, 2.24) is 15.9 Å². The molecule has 3 amide bonds. The molecule has 1 unspecified atom stereocenters. The number of likely N-dealkylation sites (tertiary alicyclic amines) is 1. The normalized spacial score (nSPS) is 19.0. The van der Waals surface area contributed by atoms with Crippen molar-refractivity contribution in [2.75, 3.05) is 13.2 Å². The van der Waals surface area contributed by atoms with Crippen LogP contribution in [0.2, 0.25) is 0 Å². The van der Waals surface area contributed by atoms with Crippen molar-refractivity contribution in [3.05, 3.63) is 24.2 Å². The number of hydrogen-bond acceptors (Lipinski definition) is 8. The second-order valence-corrected chi connectivity index (χ2v) is 6.54. The first kappa shape index (κ1) is 20.1. The zero-order valence-corrected chi connectivity index (χ0v) is 14.5. The van der Waals surface area contributed by atoms with E-state index < -0.39 is 34.4 Å². The second kappa shape index (κ2) is 8.95. The Kier molecular flexibility index (Phi) is 6.93. The summed E-state index contributed by atoms with van der Waals surface area (Å²) < 4.78 is 38.5. The standard InChI is InChI=1S/C13H20N4O8S/c14-9(11-5-3-7-23-11)8-24-15-12(18)10-4-1-2-6-17(10)13(19)16-25-26(20,21)22/h3,5,7,9-10H,1-2,4,6,8,14H2,(H,15,18)(H,16,19)(H,20,21,22)/t9?,10-/m0/s1. The van der Waals surface area contributed by atoms with Gasteiger partial charge in [-0.2, -0.15) is 13.9 Å². The number of piperidine rings is 1. The Balaban J connectivity index is 1.85. The van der Waals surface area contributed by atoms with Crippen LogP contribution in [0.5, 0.6) is 0 Å². The molecule has 26 heavy (non-hydrogen) atoms. The van der Waals surface area contributed by atoms with Crippen molar-refractivity contribution in [3.8, 4) is 0 Å². The summed E-state index contributed by atoms with van der Waals surface area (Å²) in [5, 5.41) is 0. The van der Waals surface area contributed by atoms with Gasteiger partial charge in [0, 0.05) is 6.54 Å². The number of carbonyl (C=O) groups is 2. The van der Waals surface area contributed by atoms with Crippen molar-refractivity contribution < 1.29 is 36.1 Å². The number of urea groups is 1. The van der Waals surface area contributed by atoms with Crippen LogP contribution in [0, 0.1) is 0 Å². The molecule has 1 aromatic rings. The first-order chi connectivity index (χ1) is 12.3. The largest absolute Gasteiger partial charge is 0.468 e. The number of rotatable bonds is 7. The maximum atomic E-state index is 12.3. The summed E-state index contributed by atoms with van der Waals surface area (Å²) in [4.78, 5) is 30.4. The molecule has 0 aromatic carbocycles. The quantitative estimate of drug-likeness (QED) is 0.356. The zero-order chi connectivity index (χ0) is 19.2. The molecule has 2 rings (SSSR count). The first-order valence-electron chi connectivity index (χ1n) is 7.71. The molecule has 1 saturated heterocycles. The van der Waals surface area contributed by atoms with Crippen LogP contribution in [0.15, 0.2) is 22.8 Å². The smallest absolute Gasteiger partial charge is 0.418 e. The highest BCUT2D eigenvalue weighted by Gasteiger charge is 2.33. The fourth-order valence-corrected chi connectivity index (χ4v) is 2.63. The molecule has 1 aliphatic rings. The number of carbonyl (C=O) groups excluding carboxylic acids is 2. The van der Waals surface area contributed by atoms with Crippen molar-refractivity contribution >= 4 is 22.3 Å². The van der Waals surface area contributed by atoms with Crippen LogP contribution in [0.1, 0.15) is 31.1 Å². The Hall–Kier alpha value is -2.19. The van der Waals surface area contributed by atoms with Crippen LogP contribution < -0.4 is 16.7 Å². The Morgan fingerprint density at radius 3 is 2.85 bits per heavy atom. The summed E-state index contributed by atoms with van der Waals surface area (Å²) >= 11 is 0. The number of amides is 3. The topological polar surface area (TPSA) is 173 Å². The lowest BCUT2D eigenvalue weighted by atomic mass is 10.0. The highest BCUT2D eigenvalue weighted by atomic mass is 32.3. The molecular formula is C13H20N4O8S. The van der Waals surface area contributed by atoms with Crippen LogP contribution in [-0.4, -0.2) is 49.0 Å². The third-order valence-corrected chi connectivity index (χ3v) is 3.94. The highest BCUT2D eigenvalue weighted by molar-refractivity contribution is 7.80. The molecule has 0 saturated carbocycles. The van der Waals surface area contributed by atoms with E-state index in [0.717, 1.165) is 4.90 Å². The summed E-state index contributed by atoms with van der Waals surface area (Å²) in [7, 11) is -4.85. The van der Waals surface area contributed by atoms with Crippen LogP contribution in [0.4, 0.5) is 4.79 Å².